The maximum Gasteiger partial charge on any atom is 0.138 e. The summed E-state index contributed by atoms with van der Waals surface area (Å²) in [6, 6.07) is 6.27. The van der Waals surface area contributed by atoms with E-state index >= 15 is 0 Å². The van der Waals surface area contributed by atoms with Crippen LogP contribution in [0.2, 0.25) is 0 Å². The highest BCUT2D eigenvalue weighted by Crippen LogP contribution is 2.36. The highest BCUT2D eigenvalue weighted by atomic mass is 32.2. The molecule has 0 spiro atoms. The van der Waals surface area contributed by atoms with Crippen molar-refractivity contribution in [1.82, 2.24) is 0 Å². The van der Waals surface area contributed by atoms with Crippen molar-refractivity contribution in [3.63, 3.8) is 0 Å². The van der Waals surface area contributed by atoms with Gasteiger partial charge in [-0.1, -0.05) is 17.8 Å². The maximum absolute atomic E-state index is 5.32. The number of thioether (sulfide) groups is 1. The van der Waals surface area contributed by atoms with Crippen molar-refractivity contribution in [2.24, 2.45) is 0 Å². The topological polar surface area (TPSA) is 9.23 Å². The van der Waals surface area contributed by atoms with Gasteiger partial charge in [0.2, 0.25) is 0 Å². The van der Waals surface area contributed by atoms with Crippen LogP contribution in [0.4, 0.5) is 0 Å². The number of aryl methyl sites for hydroxylation is 1. The lowest BCUT2D eigenvalue weighted by Gasteiger charge is -1.96. The molecule has 0 saturated carbocycles. The highest BCUT2D eigenvalue weighted by molar-refractivity contribution is 7.99. The molecule has 1 aliphatic rings. The van der Waals surface area contributed by atoms with Crippen molar-refractivity contribution < 1.29 is 4.74 Å². The summed E-state index contributed by atoms with van der Waals surface area (Å²) in [7, 11) is 0. The Morgan fingerprint density at radius 2 is 2.40 bits per heavy atom. The smallest absolute Gasteiger partial charge is 0.138 e. The van der Waals surface area contributed by atoms with Gasteiger partial charge in [-0.15, -0.1) is 0 Å². The Bertz CT molecular complexity index is 257. The molecule has 1 aliphatic heterocycles. The van der Waals surface area contributed by atoms with Gasteiger partial charge in [-0.25, -0.2) is 0 Å². The van der Waals surface area contributed by atoms with Gasteiger partial charge in [0.05, 0.1) is 4.90 Å². The third-order valence-electron chi connectivity index (χ3n) is 1.53. The lowest BCUT2D eigenvalue weighted by atomic mass is 10.2. The molecule has 1 aromatic carbocycles. The Labute approximate surface area is 64.4 Å². The lowest BCUT2D eigenvalue weighted by Crippen LogP contribution is -1.81. The molecule has 10 heavy (non-hydrogen) atoms. The van der Waals surface area contributed by atoms with Gasteiger partial charge in [0.15, 0.2) is 0 Å². The number of hydrogen-bond acceptors (Lipinski definition) is 2. The van der Waals surface area contributed by atoms with Crippen molar-refractivity contribution >= 4 is 11.8 Å². The molecule has 0 unspecified atom stereocenters. The average Bonchev–Trinajstić information content (AvgIpc) is 2.33. The fourth-order valence-electron chi connectivity index (χ4n) is 1.00. The number of hydrogen-bond donors (Lipinski definition) is 0. The van der Waals surface area contributed by atoms with Gasteiger partial charge >= 0.3 is 0 Å². The van der Waals surface area contributed by atoms with E-state index in [0.29, 0.717) is 0 Å². The van der Waals surface area contributed by atoms with E-state index in [2.05, 4.69) is 19.1 Å². The van der Waals surface area contributed by atoms with Gasteiger partial charge in [-0.3, -0.25) is 0 Å². The summed E-state index contributed by atoms with van der Waals surface area (Å²) in [4.78, 5) is 1.28. The first-order valence-corrected chi connectivity index (χ1v) is 4.21. The Morgan fingerprint density at radius 3 is 3.30 bits per heavy atom. The molecule has 0 atom stereocenters. The molecule has 1 aromatic rings. The first kappa shape index (κ1) is 6.10. The summed E-state index contributed by atoms with van der Waals surface area (Å²) in [5, 5.41) is 0. The largest absolute Gasteiger partial charge is 0.481 e. The van der Waals surface area contributed by atoms with Crippen LogP contribution < -0.4 is 4.74 Å². The zero-order chi connectivity index (χ0) is 6.97. The summed E-state index contributed by atoms with van der Waals surface area (Å²) in [6.07, 6.45) is 0. The molecule has 1 nitrogen and oxygen atoms in total. The van der Waals surface area contributed by atoms with E-state index in [4.69, 9.17) is 4.74 Å². The van der Waals surface area contributed by atoms with Crippen molar-refractivity contribution in [2.45, 2.75) is 11.8 Å². The fourth-order valence-corrected chi connectivity index (χ4v) is 1.86. The molecule has 0 amide bonds. The third-order valence-corrected chi connectivity index (χ3v) is 2.39. The second kappa shape index (κ2) is 2.20. The number of fused-ring (bicyclic) bond motifs is 1. The van der Waals surface area contributed by atoms with Gasteiger partial charge < -0.3 is 4.74 Å². The van der Waals surface area contributed by atoms with Crippen LogP contribution in [0.1, 0.15) is 5.56 Å². The molecule has 52 valence electrons. The number of ether oxygens (including phenoxy) is 1. The predicted octanol–water partition coefficient (Wildman–Crippen LogP) is 2.44. The Hall–Kier alpha value is -0.630. The minimum Gasteiger partial charge on any atom is -0.481 e. The predicted molar refractivity (Wildman–Crippen MR) is 42.5 cm³/mol. The monoisotopic (exact) mass is 152 g/mol. The van der Waals surface area contributed by atoms with Crippen LogP contribution in [0, 0.1) is 6.92 Å². The van der Waals surface area contributed by atoms with E-state index < -0.39 is 0 Å². The average molecular weight is 152 g/mol. The summed E-state index contributed by atoms with van der Waals surface area (Å²) >= 11 is 1.76. The molecular formula is C8H8OS. The van der Waals surface area contributed by atoms with E-state index in [1.54, 1.807) is 11.8 Å². The zero-order valence-corrected chi connectivity index (χ0v) is 6.57. The normalized spacial score (nSPS) is 14.5. The van der Waals surface area contributed by atoms with E-state index in [0.717, 1.165) is 11.7 Å². The summed E-state index contributed by atoms with van der Waals surface area (Å²) in [6.45, 7) is 2.10. The minimum absolute atomic E-state index is 0.777. The molecule has 2 heteroatoms. The van der Waals surface area contributed by atoms with Crippen LogP contribution in [0.3, 0.4) is 0 Å². The first-order valence-electron chi connectivity index (χ1n) is 3.22. The van der Waals surface area contributed by atoms with Gasteiger partial charge in [-0.05, 0) is 24.6 Å². The van der Waals surface area contributed by atoms with Crippen LogP contribution in [-0.2, 0) is 0 Å². The molecule has 0 bridgehead atoms. The van der Waals surface area contributed by atoms with Crippen LogP contribution in [0.5, 0.6) is 5.75 Å². The quantitative estimate of drug-likeness (QED) is 0.564. The van der Waals surface area contributed by atoms with Crippen LogP contribution >= 0.6 is 11.8 Å². The maximum atomic E-state index is 5.32. The van der Waals surface area contributed by atoms with Crippen LogP contribution in [0.25, 0.3) is 0 Å². The number of rotatable bonds is 0. The molecule has 1 heterocycles. The van der Waals surface area contributed by atoms with Crippen molar-refractivity contribution in [2.75, 3.05) is 5.94 Å². The minimum atomic E-state index is 0.777. The summed E-state index contributed by atoms with van der Waals surface area (Å²) in [5.41, 5.74) is 1.30. The Morgan fingerprint density at radius 1 is 1.50 bits per heavy atom. The second-order valence-electron chi connectivity index (χ2n) is 2.36. The second-order valence-corrected chi connectivity index (χ2v) is 3.32. The van der Waals surface area contributed by atoms with Crippen LogP contribution in [0.15, 0.2) is 23.1 Å². The zero-order valence-electron chi connectivity index (χ0n) is 5.76. The fraction of sp³-hybridized carbons (Fsp3) is 0.250. The Balaban J connectivity index is 2.52. The SMILES string of the molecule is Cc1ccc2c(c1)SCO2. The van der Waals surface area contributed by atoms with Gasteiger partial charge in [-0.2, -0.15) is 0 Å². The molecule has 0 N–H and O–H groups in total. The van der Waals surface area contributed by atoms with Crippen molar-refractivity contribution in [3.8, 4) is 5.75 Å². The lowest BCUT2D eigenvalue weighted by molar-refractivity contribution is 0.397. The van der Waals surface area contributed by atoms with Gasteiger partial charge in [0, 0.05) is 0 Å². The molecule has 0 saturated heterocycles. The third kappa shape index (κ3) is 0.886. The molecule has 0 aliphatic carbocycles. The summed E-state index contributed by atoms with van der Waals surface area (Å²) in [5.74, 6) is 1.81. The molecule has 0 fully saturated rings. The van der Waals surface area contributed by atoms with Crippen molar-refractivity contribution in [3.05, 3.63) is 23.8 Å². The molecule has 0 aromatic heterocycles. The molecule has 2 rings (SSSR count). The van der Waals surface area contributed by atoms with Gasteiger partial charge in [0.25, 0.3) is 0 Å². The highest BCUT2D eigenvalue weighted by Gasteiger charge is 2.10. The van der Waals surface area contributed by atoms with Crippen LogP contribution in [-0.4, -0.2) is 5.94 Å². The van der Waals surface area contributed by atoms with Crippen molar-refractivity contribution in [1.29, 1.82) is 0 Å². The first-order chi connectivity index (χ1) is 4.86. The van der Waals surface area contributed by atoms with Gasteiger partial charge in [0.1, 0.15) is 11.7 Å². The van der Waals surface area contributed by atoms with E-state index in [-0.39, 0.29) is 0 Å². The van der Waals surface area contributed by atoms with E-state index in [1.807, 2.05) is 6.07 Å². The van der Waals surface area contributed by atoms with E-state index in [9.17, 15) is 0 Å². The summed E-state index contributed by atoms with van der Waals surface area (Å²) < 4.78 is 5.32. The number of benzene rings is 1. The molecule has 0 radical (unpaired) electrons. The standard InChI is InChI=1S/C8H8OS/c1-6-2-3-7-8(4-6)10-5-9-7/h2-4H,5H2,1H3. The molecular weight excluding hydrogens is 144 g/mol. The Kier molecular flexibility index (Phi) is 1.34. The van der Waals surface area contributed by atoms with E-state index in [1.165, 1.54) is 10.5 Å².